The molecule has 0 saturated heterocycles. The highest BCUT2D eigenvalue weighted by Gasteiger charge is 2.46. The molecule has 0 radical (unpaired) electrons. The van der Waals surface area contributed by atoms with Crippen LogP contribution in [0.15, 0.2) is 41.8 Å². The summed E-state index contributed by atoms with van der Waals surface area (Å²) in [5.41, 5.74) is -0.665. The zero-order valence-electron chi connectivity index (χ0n) is 16.9. The van der Waals surface area contributed by atoms with E-state index in [2.05, 4.69) is 10.8 Å². The number of allylic oxidation sites excluding steroid dienone is 2. The van der Waals surface area contributed by atoms with Gasteiger partial charge in [-0.3, -0.25) is 4.79 Å². The van der Waals surface area contributed by atoms with Crippen LogP contribution in [0.4, 0.5) is 13.2 Å². The second kappa shape index (κ2) is 9.56. The van der Waals surface area contributed by atoms with Gasteiger partial charge in [0.1, 0.15) is 0 Å². The average molecular weight is 458 g/mol. The molecule has 4 atom stereocenters. The number of carboxylic acid groups (broad SMARTS) is 1. The van der Waals surface area contributed by atoms with Gasteiger partial charge in [0, 0.05) is 17.9 Å². The summed E-state index contributed by atoms with van der Waals surface area (Å²) in [4.78, 5) is 10.6. The molecule has 9 heteroatoms. The summed E-state index contributed by atoms with van der Waals surface area (Å²) in [7, 11) is -3.80. The van der Waals surface area contributed by atoms with Crippen molar-refractivity contribution in [3.05, 3.63) is 53.0 Å². The number of carbonyl (C=O) groups is 1. The van der Waals surface area contributed by atoms with Crippen molar-refractivity contribution < 1.29 is 31.5 Å². The van der Waals surface area contributed by atoms with Crippen molar-refractivity contribution >= 4 is 22.1 Å². The number of halogens is 3. The van der Waals surface area contributed by atoms with Crippen LogP contribution < -0.4 is 4.72 Å². The van der Waals surface area contributed by atoms with Gasteiger partial charge in [-0.05, 0) is 73.6 Å². The van der Waals surface area contributed by atoms with Crippen molar-refractivity contribution in [3.63, 3.8) is 0 Å². The molecule has 5 nitrogen and oxygen atoms in total. The minimum absolute atomic E-state index is 0.127. The van der Waals surface area contributed by atoms with Crippen molar-refractivity contribution in [2.45, 2.75) is 50.7 Å². The summed E-state index contributed by atoms with van der Waals surface area (Å²) in [5, 5.41) is 9.60. The molecule has 2 aliphatic carbocycles. The summed E-state index contributed by atoms with van der Waals surface area (Å²) in [6.07, 6.45) is 4.81. The highest BCUT2D eigenvalue weighted by atomic mass is 32.2. The Bertz CT molecular complexity index is 956. The number of carboxylic acids is 1. The van der Waals surface area contributed by atoms with Crippen LogP contribution in [0, 0.1) is 17.8 Å². The molecular weight excluding hydrogens is 431 g/mol. The van der Waals surface area contributed by atoms with Gasteiger partial charge in [-0.1, -0.05) is 24.3 Å². The fraction of sp³-hybridized carbons (Fsp3) is 0.500. The predicted molar refractivity (Wildman–Crippen MR) is 111 cm³/mol. The maximum absolute atomic E-state index is 12.8. The number of aliphatic carboxylic acids is 1. The van der Waals surface area contributed by atoms with Gasteiger partial charge in [0.05, 0.1) is 5.56 Å². The lowest BCUT2D eigenvalue weighted by Crippen LogP contribution is -2.40. The second-order valence-corrected chi connectivity index (χ2v) is 9.91. The Morgan fingerprint density at radius 1 is 1.23 bits per heavy atom. The van der Waals surface area contributed by atoms with Crippen molar-refractivity contribution in [1.82, 2.24) is 4.72 Å². The largest absolute Gasteiger partial charge is 0.481 e. The summed E-state index contributed by atoms with van der Waals surface area (Å²) in [5.74, 6) is 0.0565. The molecule has 2 bridgehead atoms. The molecule has 31 heavy (non-hydrogen) atoms. The van der Waals surface area contributed by atoms with E-state index in [1.54, 1.807) is 0 Å². The Morgan fingerprint density at radius 3 is 2.68 bits per heavy atom. The monoisotopic (exact) mass is 457 g/mol. The number of sulfonamides is 1. The molecule has 2 N–H and O–H groups in total. The summed E-state index contributed by atoms with van der Waals surface area (Å²) >= 11 is 0. The molecule has 3 rings (SSSR count). The van der Waals surface area contributed by atoms with Crippen molar-refractivity contribution in [2.75, 3.05) is 0 Å². The maximum atomic E-state index is 12.8. The van der Waals surface area contributed by atoms with Crippen molar-refractivity contribution in [1.29, 1.82) is 0 Å². The third-order valence-electron chi connectivity index (χ3n) is 5.98. The topological polar surface area (TPSA) is 83.5 Å². The van der Waals surface area contributed by atoms with Crippen molar-refractivity contribution in [2.24, 2.45) is 17.8 Å². The van der Waals surface area contributed by atoms with Gasteiger partial charge >= 0.3 is 12.1 Å². The normalized spacial score (nSPS) is 26.3. The first kappa shape index (κ1) is 23.5. The summed E-state index contributed by atoms with van der Waals surface area (Å²) in [6.45, 7) is 0. The molecule has 170 valence electrons. The molecule has 1 aromatic rings. The quantitative estimate of drug-likeness (QED) is 0.411. The number of alkyl halides is 3. The zero-order chi connectivity index (χ0) is 22.6. The number of rotatable bonds is 9. The SMILES string of the molecule is O=C(O)CCC/C=C/C1CC2CC(NS(=O)(=O)/C=C/c3cccc(C(F)(F)F)c3)C1C2. The first-order valence-electron chi connectivity index (χ1n) is 10.3. The molecule has 2 aliphatic rings. The fourth-order valence-corrected chi connectivity index (χ4v) is 5.75. The third-order valence-corrected chi connectivity index (χ3v) is 7.10. The summed E-state index contributed by atoms with van der Waals surface area (Å²) in [6, 6.07) is 4.31. The fourth-order valence-electron chi connectivity index (χ4n) is 4.64. The Morgan fingerprint density at radius 2 is 2.00 bits per heavy atom. The first-order valence-corrected chi connectivity index (χ1v) is 11.8. The number of nitrogens with one attached hydrogen (secondary N) is 1. The first-order chi connectivity index (χ1) is 14.5. The summed E-state index contributed by atoms with van der Waals surface area (Å²) < 4.78 is 66.1. The number of unbranched alkanes of at least 4 members (excludes halogenated alkanes) is 1. The van der Waals surface area contributed by atoms with Crippen molar-refractivity contribution in [3.8, 4) is 0 Å². The number of benzene rings is 1. The van der Waals surface area contributed by atoms with Crippen LogP contribution in [0.2, 0.25) is 0 Å². The smallest absolute Gasteiger partial charge is 0.416 e. The molecular formula is C22H26F3NO4S. The van der Waals surface area contributed by atoms with Gasteiger partial charge in [0.25, 0.3) is 0 Å². The number of hydrogen-bond acceptors (Lipinski definition) is 3. The molecule has 0 heterocycles. The van der Waals surface area contributed by atoms with Crippen LogP contribution in [-0.2, 0) is 21.0 Å². The lowest BCUT2D eigenvalue weighted by molar-refractivity contribution is -0.138. The van der Waals surface area contributed by atoms with Crippen LogP contribution in [0.3, 0.4) is 0 Å². The van der Waals surface area contributed by atoms with Gasteiger partial charge in [-0.15, -0.1) is 0 Å². The number of hydrogen-bond donors (Lipinski definition) is 2. The van der Waals surface area contributed by atoms with E-state index in [4.69, 9.17) is 5.11 Å². The van der Waals surface area contributed by atoms with E-state index < -0.39 is 27.7 Å². The van der Waals surface area contributed by atoms with E-state index in [1.165, 1.54) is 18.2 Å². The minimum atomic E-state index is -4.49. The highest BCUT2D eigenvalue weighted by Crippen LogP contribution is 2.49. The van der Waals surface area contributed by atoms with Crippen LogP contribution in [0.5, 0.6) is 0 Å². The van der Waals surface area contributed by atoms with Gasteiger partial charge in [-0.2, -0.15) is 13.2 Å². The molecule has 4 unspecified atom stereocenters. The van der Waals surface area contributed by atoms with E-state index in [9.17, 15) is 26.4 Å². The van der Waals surface area contributed by atoms with Crippen LogP contribution in [0.25, 0.3) is 6.08 Å². The Hall–Kier alpha value is -2.13. The molecule has 2 fully saturated rings. The Labute approximate surface area is 180 Å². The Balaban J connectivity index is 1.58. The van der Waals surface area contributed by atoms with E-state index in [-0.39, 0.29) is 29.9 Å². The van der Waals surface area contributed by atoms with E-state index in [0.717, 1.165) is 36.8 Å². The van der Waals surface area contributed by atoms with E-state index >= 15 is 0 Å². The van der Waals surface area contributed by atoms with Crippen LogP contribution in [0.1, 0.15) is 49.7 Å². The second-order valence-electron chi connectivity index (χ2n) is 8.31. The number of fused-ring (bicyclic) bond motifs is 2. The highest BCUT2D eigenvalue weighted by molar-refractivity contribution is 7.92. The molecule has 0 aromatic heterocycles. The Kier molecular flexibility index (Phi) is 7.26. The zero-order valence-corrected chi connectivity index (χ0v) is 17.7. The molecule has 0 amide bonds. The third kappa shape index (κ3) is 6.67. The van der Waals surface area contributed by atoms with Gasteiger partial charge in [-0.25, -0.2) is 13.1 Å². The lowest BCUT2D eigenvalue weighted by Gasteiger charge is -2.27. The molecule has 0 aliphatic heterocycles. The van der Waals surface area contributed by atoms with E-state index in [0.29, 0.717) is 18.8 Å². The molecule has 0 spiro atoms. The van der Waals surface area contributed by atoms with Gasteiger partial charge in [0.2, 0.25) is 10.0 Å². The maximum Gasteiger partial charge on any atom is 0.416 e. The lowest BCUT2D eigenvalue weighted by atomic mass is 9.85. The standard InChI is InChI=1S/C22H26F3NO4S/c23-22(24,25)18-7-4-5-15(12-18)9-10-31(29,30)26-20-14-16-11-17(19(20)13-16)6-2-1-3-8-21(27)28/h2,4-7,9-10,12,16-17,19-20,26H,1,3,8,11,13-14H2,(H,27,28)/b6-2+,10-9+. The average Bonchev–Trinajstić information content (AvgIpc) is 3.25. The van der Waals surface area contributed by atoms with Crippen LogP contribution in [-0.4, -0.2) is 25.5 Å². The molecule has 1 aromatic carbocycles. The van der Waals surface area contributed by atoms with Crippen LogP contribution >= 0.6 is 0 Å². The molecule has 2 saturated carbocycles. The predicted octanol–water partition coefficient (Wildman–Crippen LogP) is 4.82. The minimum Gasteiger partial charge on any atom is -0.481 e. The van der Waals surface area contributed by atoms with E-state index in [1.807, 2.05) is 6.08 Å². The van der Waals surface area contributed by atoms with Gasteiger partial charge in [0.15, 0.2) is 0 Å². The van der Waals surface area contributed by atoms with Gasteiger partial charge < -0.3 is 5.11 Å².